The number of ether oxygens (including phenoxy) is 1. The molecule has 0 aliphatic rings. The van der Waals surface area contributed by atoms with E-state index in [9.17, 15) is 24.3 Å². The number of rotatable bonds is 11. The molecule has 1 aromatic rings. The molecule has 0 bridgehead atoms. The Morgan fingerprint density at radius 1 is 1.05 bits per heavy atom. The van der Waals surface area contributed by atoms with Gasteiger partial charge in [0, 0.05) is 18.0 Å². The fraction of sp³-hybridized carbons (Fsp3) is 0.630. The predicted molar refractivity (Wildman–Crippen MR) is 142 cm³/mol. The van der Waals surface area contributed by atoms with Gasteiger partial charge in [-0.05, 0) is 79.0 Å². The second-order valence-corrected chi connectivity index (χ2v) is 11.3. The van der Waals surface area contributed by atoms with Gasteiger partial charge < -0.3 is 31.1 Å². The average molecular weight is 521 g/mol. The molecule has 4 amide bonds. The van der Waals surface area contributed by atoms with Crippen molar-refractivity contribution in [2.45, 2.75) is 110 Å². The molecular weight excluding hydrogens is 476 g/mol. The monoisotopic (exact) mass is 520 g/mol. The smallest absolute Gasteiger partial charge is 0.408 e. The second kappa shape index (κ2) is 13.3. The minimum atomic E-state index is -1.19. The number of nitrogens with two attached hydrogens (primary N) is 1. The minimum Gasteiger partial charge on any atom is -0.508 e. The van der Waals surface area contributed by atoms with Gasteiger partial charge in [0.1, 0.15) is 23.4 Å². The summed E-state index contributed by atoms with van der Waals surface area (Å²) >= 11 is 0. The van der Waals surface area contributed by atoms with Crippen LogP contribution >= 0.6 is 0 Å². The van der Waals surface area contributed by atoms with Gasteiger partial charge in [-0.15, -0.1) is 0 Å². The van der Waals surface area contributed by atoms with Gasteiger partial charge in [-0.3, -0.25) is 14.4 Å². The maximum Gasteiger partial charge on any atom is 0.408 e. The number of phenolic OH excluding ortho intramolecular Hbond substituents is 1. The van der Waals surface area contributed by atoms with Gasteiger partial charge in [0.15, 0.2) is 0 Å². The number of aromatic hydroxyl groups is 1. The van der Waals surface area contributed by atoms with Gasteiger partial charge in [-0.1, -0.05) is 25.5 Å². The molecule has 0 fully saturated rings. The number of hydrogen-bond donors (Lipinski definition) is 4. The van der Waals surface area contributed by atoms with Crippen LogP contribution in [0.25, 0.3) is 0 Å². The summed E-state index contributed by atoms with van der Waals surface area (Å²) in [4.78, 5) is 53.3. The molecule has 0 spiro atoms. The number of carbonyl (C=O) groups is 4. The van der Waals surface area contributed by atoms with E-state index >= 15 is 0 Å². The number of benzene rings is 1. The Balaban J connectivity index is 3.58. The first kappa shape index (κ1) is 31.7. The Kier molecular flexibility index (Phi) is 11.4. The van der Waals surface area contributed by atoms with Crippen LogP contribution in [0.4, 0.5) is 4.79 Å². The average Bonchev–Trinajstić information content (AvgIpc) is 2.72. The van der Waals surface area contributed by atoms with Crippen molar-refractivity contribution in [1.29, 1.82) is 0 Å². The molecule has 0 heterocycles. The lowest BCUT2D eigenvalue weighted by molar-refractivity contribution is -0.149. The number of amides is 4. The van der Waals surface area contributed by atoms with Crippen molar-refractivity contribution in [3.05, 3.63) is 29.8 Å². The molecule has 0 aliphatic heterocycles. The van der Waals surface area contributed by atoms with E-state index in [1.54, 1.807) is 53.7 Å². The number of hydrogen-bond acceptors (Lipinski definition) is 6. The fourth-order valence-corrected chi connectivity index (χ4v) is 3.95. The van der Waals surface area contributed by atoms with Crippen LogP contribution in [0.5, 0.6) is 5.75 Å². The number of alkyl carbamates (subject to hydrolysis) is 1. The fourth-order valence-electron chi connectivity index (χ4n) is 3.95. The maximum absolute atomic E-state index is 14.1. The van der Waals surface area contributed by atoms with Crippen molar-refractivity contribution in [2.24, 2.45) is 5.73 Å². The van der Waals surface area contributed by atoms with E-state index in [4.69, 9.17) is 10.5 Å². The SMILES string of the molecule is CCCC(C)NC(=O)C(c1cccc(O)c1)N(C(=O)C(CCC(N)=O)NC(=O)OC(C)(C)C)C(C)(C)C. The third-order valence-electron chi connectivity index (χ3n) is 5.43. The number of nitrogens with zero attached hydrogens (tertiary/aromatic N) is 1. The van der Waals surface area contributed by atoms with Crippen LogP contribution in [-0.4, -0.2) is 57.0 Å². The normalized spacial score (nSPS) is 14.2. The highest BCUT2D eigenvalue weighted by atomic mass is 16.6. The van der Waals surface area contributed by atoms with Gasteiger partial charge >= 0.3 is 6.09 Å². The summed E-state index contributed by atoms with van der Waals surface area (Å²) in [6.45, 7) is 14.2. The summed E-state index contributed by atoms with van der Waals surface area (Å²) in [5.74, 6) is -1.72. The van der Waals surface area contributed by atoms with Gasteiger partial charge in [0.25, 0.3) is 0 Å². The van der Waals surface area contributed by atoms with Gasteiger partial charge in [-0.25, -0.2) is 4.79 Å². The lowest BCUT2D eigenvalue weighted by Crippen LogP contribution is -2.59. The molecule has 0 aromatic heterocycles. The van der Waals surface area contributed by atoms with Crippen LogP contribution < -0.4 is 16.4 Å². The number of phenols is 1. The lowest BCUT2D eigenvalue weighted by atomic mass is 9.94. The highest BCUT2D eigenvalue weighted by Crippen LogP contribution is 2.32. The van der Waals surface area contributed by atoms with E-state index in [-0.39, 0.29) is 24.6 Å². The lowest BCUT2D eigenvalue weighted by Gasteiger charge is -2.43. The second-order valence-electron chi connectivity index (χ2n) is 11.3. The quantitative estimate of drug-likeness (QED) is 0.350. The largest absolute Gasteiger partial charge is 0.508 e. The van der Waals surface area contributed by atoms with Crippen molar-refractivity contribution < 1.29 is 29.0 Å². The van der Waals surface area contributed by atoms with E-state index in [0.29, 0.717) is 5.56 Å². The van der Waals surface area contributed by atoms with Gasteiger partial charge in [-0.2, -0.15) is 0 Å². The molecule has 5 N–H and O–H groups in total. The molecule has 3 atom stereocenters. The first-order valence-corrected chi connectivity index (χ1v) is 12.7. The Labute approximate surface area is 220 Å². The molecule has 3 unspecified atom stereocenters. The van der Waals surface area contributed by atoms with E-state index in [1.165, 1.54) is 17.0 Å². The van der Waals surface area contributed by atoms with Crippen LogP contribution in [0.15, 0.2) is 24.3 Å². The molecule has 0 saturated heterocycles. The van der Waals surface area contributed by atoms with E-state index in [2.05, 4.69) is 10.6 Å². The Morgan fingerprint density at radius 3 is 2.16 bits per heavy atom. The summed E-state index contributed by atoms with van der Waals surface area (Å²) in [6.07, 6.45) is 0.513. The summed E-state index contributed by atoms with van der Waals surface area (Å²) < 4.78 is 5.33. The van der Waals surface area contributed by atoms with E-state index in [1.807, 2.05) is 13.8 Å². The zero-order chi connectivity index (χ0) is 28.6. The van der Waals surface area contributed by atoms with Crippen molar-refractivity contribution in [3.8, 4) is 5.75 Å². The van der Waals surface area contributed by atoms with Crippen LogP contribution in [0, 0.1) is 0 Å². The van der Waals surface area contributed by atoms with Crippen molar-refractivity contribution in [2.75, 3.05) is 0 Å². The third kappa shape index (κ3) is 10.7. The van der Waals surface area contributed by atoms with E-state index in [0.717, 1.165) is 12.8 Å². The van der Waals surface area contributed by atoms with Crippen molar-refractivity contribution in [1.82, 2.24) is 15.5 Å². The van der Waals surface area contributed by atoms with Crippen molar-refractivity contribution in [3.63, 3.8) is 0 Å². The summed E-state index contributed by atoms with van der Waals surface area (Å²) in [5, 5.41) is 15.7. The van der Waals surface area contributed by atoms with E-state index < -0.39 is 47.0 Å². The first-order chi connectivity index (χ1) is 17.0. The molecule has 37 heavy (non-hydrogen) atoms. The maximum atomic E-state index is 14.1. The molecule has 0 aliphatic carbocycles. The number of carbonyl (C=O) groups excluding carboxylic acids is 4. The Bertz CT molecular complexity index is 951. The summed E-state index contributed by atoms with van der Waals surface area (Å²) in [7, 11) is 0. The Hall–Kier alpha value is -3.30. The minimum absolute atomic E-state index is 0.0598. The molecule has 1 aromatic carbocycles. The standard InChI is InChI=1S/C27H44N4O6/c1-9-11-17(2)29-23(34)22(18-12-10-13-19(32)16-18)31(26(3,4)5)24(35)20(14-15-21(28)33)30-25(36)37-27(6,7)8/h10,12-13,16-17,20,22,32H,9,11,14-15H2,1-8H3,(H2,28,33)(H,29,34)(H,30,36). The zero-order valence-electron chi connectivity index (χ0n) is 23.4. The molecule has 0 saturated carbocycles. The molecule has 10 nitrogen and oxygen atoms in total. The van der Waals surface area contributed by atoms with Crippen LogP contribution in [0.3, 0.4) is 0 Å². The highest BCUT2D eigenvalue weighted by Gasteiger charge is 2.42. The van der Waals surface area contributed by atoms with Crippen molar-refractivity contribution >= 4 is 23.8 Å². The third-order valence-corrected chi connectivity index (χ3v) is 5.43. The Morgan fingerprint density at radius 2 is 1.68 bits per heavy atom. The highest BCUT2D eigenvalue weighted by molar-refractivity contribution is 5.93. The summed E-state index contributed by atoms with van der Waals surface area (Å²) in [6, 6.07) is 3.68. The first-order valence-electron chi connectivity index (χ1n) is 12.7. The van der Waals surface area contributed by atoms with Crippen LogP contribution in [0.1, 0.15) is 92.7 Å². The molecule has 0 radical (unpaired) electrons. The van der Waals surface area contributed by atoms with Crippen LogP contribution in [0.2, 0.25) is 0 Å². The molecule has 1 rings (SSSR count). The number of nitrogens with one attached hydrogen (secondary N) is 2. The molecule has 208 valence electrons. The topological polar surface area (TPSA) is 151 Å². The molecule has 10 heteroatoms. The van der Waals surface area contributed by atoms with Gasteiger partial charge in [0.2, 0.25) is 17.7 Å². The predicted octanol–water partition coefficient (Wildman–Crippen LogP) is 3.52. The van der Waals surface area contributed by atoms with Crippen LogP contribution in [-0.2, 0) is 19.1 Å². The van der Waals surface area contributed by atoms with Gasteiger partial charge in [0.05, 0.1) is 0 Å². The molecular formula is C27H44N4O6. The zero-order valence-corrected chi connectivity index (χ0v) is 23.4. The summed E-state index contributed by atoms with van der Waals surface area (Å²) in [5.41, 5.74) is 4.01. The number of primary amides is 1.